The fraction of sp³-hybridized carbons (Fsp3) is 0.667. The second-order valence-electron chi connectivity index (χ2n) is 4.83. The van der Waals surface area contributed by atoms with Gasteiger partial charge in [-0.2, -0.15) is 0 Å². The predicted molar refractivity (Wildman–Crippen MR) is 88.1 cm³/mol. The molecule has 3 nitrogen and oxygen atoms in total. The molecule has 1 aliphatic heterocycles. The number of unbranched alkanes of at least 4 members (excludes halogenated alkanes) is 4. The Balaban J connectivity index is 2.13. The third kappa shape index (κ3) is 7.60. The van der Waals surface area contributed by atoms with Gasteiger partial charge < -0.3 is 9.47 Å². The van der Waals surface area contributed by atoms with Gasteiger partial charge in [-0.25, -0.2) is 0 Å². The van der Waals surface area contributed by atoms with Gasteiger partial charge in [0, 0.05) is 13.5 Å². The van der Waals surface area contributed by atoms with Crippen LogP contribution in [0.15, 0.2) is 21.6 Å². The number of esters is 1. The van der Waals surface area contributed by atoms with Gasteiger partial charge in [-0.15, -0.1) is 0 Å². The van der Waals surface area contributed by atoms with Crippen molar-refractivity contribution in [1.29, 1.82) is 0 Å². The van der Waals surface area contributed by atoms with Gasteiger partial charge in [0.25, 0.3) is 0 Å². The molecule has 114 valence electrons. The molecule has 0 amide bonds. The van der Waals surface area contributed by atoms with Crippen LogP contribution in [0.5, 0.6) is 0 Å². The average Bonchev–Trinajstić information content (AvgIpc) is 2.83. The Morgan fingerprint density at radius 2 is 2.15 bits per heavy atom. The predicted octanol–water partition coefficient (Wildman–Crippen LogP) is 4.84. The van der Waals surface area contributed by atoms with Crippen molar-refractivity contribution in [3.05, 3.63) is 21.6 Å². The number of allylic oxidation sites excluding steroid dienone is 2. The molecule has 2 atom stereocenters. The molecule has 1 aliphatic rings. The van der Waals surface area contributed by atoms with Crippen LogP contribution in [0.3, 0.4) is 0 Å². The van der Waals surface area contributed by atoms with Gasteiger partial charge in [0.1, 0.15) is 12.2 Å². The van der Waals surface area contributed by atoms with E-state index in [9.17, 15) is 4.79 Å². The number of methoxy groups -OCH3 is 1. The molecule has 0 radical (unpaired) electrons. The van der Waals surface area contributed by atoms with Crippen LogP contribution < -0.4 is 0 Å². The highest BCUT2D eigenvalue weighted by Gasteiger charge is 2.29. The second kappa shape index (κ2) is 10.6. The van der Waals surface area contributed by atoms with Gasteiger partial charge in [0.05, 0.1) is 3.39 Å². The Morgan fingerprint density at radius 1 is 1.40 bits per heavy atom. The smallest absolute Gasteiger partial charge is 0.306 e. The van der Waals surface area contributed by atoms with Gasteiger partial charge in [0.15, 0.2) is 0 Å². The van der Waals surface area contributed by atoms with E-state index in [1.165, 1.54) is 19.3 Å². The number of hydrogen-bond acceptors (Lipinski definition) is 3. The van der Waals surface area contributed by atoms with E-state index in [-0.39, 0.29) is 18.2 Å². The molecule has 1 fully saturated rings. The number of halogens is 2. The van der Waals surface area contributed by atoms with Crippen LogP contribution in [0.4, 0.5) is 0 Å². The Bertz CT molecular complexity index is 349. The Hall–Kier alpha value is -0.130. The number of hydrogen-bond donors (Lipinski definition) is 0. The molecular weight excluding hydrogens is 388 g/mol. The maximum Gasteiger partial charge on any atom is 0.306 e. The lowest BCUT2D eigenvalue weighted by Gasteiger charge is -2.17. The third-order valence-corrected chi connectivity index (χ3v) is 3.90. The van der Waals surface area contributed by atoms with Crippen LogP contribution in [-0.2, 0) is 14.3 Å². The standard InChI is InChI=1S/C15H22Br2O3/c1-19-12(13-10-11-15(18)20-13)8-6-4-2-3-5-7-9-14(16)17/h6,8-9,12-13H,2-5,7,10-11H2,1H3. The highest BCUT2D eigenvalue weighted by atomic mass is 79.9. The van der Waals surface area contributed by atoms with E-state index in [0.29, 0.717) is 6.42 Å². The summed E-state index contributed by atoms with van der Waals surface area (Å²) in [5.74, 6) is -0.114. The first kappa shape index (κ1) is 17.9. The molecule has 0 N–H and O–H groups in total. The lowest BCUT2D eigenvalue weighted by Crippen LogP contribution is -2.25. The van der Waals surface area contributed by atoms with Crippen LogP contribution in [-0.4, -0.2) is 25.3 Å². The van der Waals surface area contributed by atoms with Crippen LogP contribution in [0, 0.1) is 0 Å². The summed E-state index contributed by atoms with van der Waals surface area (Å²) < 4.78 is 11.6. The number of cyclic esters (lactones) is 1. The lowest BCUT2D eigenvalue weighted by molar-refractivity contribution is -0.144. The van der Waals surface area contributed by atoms with E-state index in [1.807, 2.05) is 6.08 Å². The van der Waals surface area contributed by atoms with Gasteiger partial charge in [-0.3, -0.25) is 4.79 Å². The summed E-state index contributed by atoms with van der Waals surface area (Å²) in [5, 5.41) is 0. The van der Waals surface area contributed by atoms with Crippen LogP contribution in [0.2, 0.25) is 0 Å². The Labute approximate surface area is 138 Å². The van der Waals surface area contributed by atoms with Crippen LogP contribution in [0.1, 0.15) is 44.9 Å². The number of ether oxygens (including phenoxy) is 2. The van der Waals surface area contributed by atoms with E-state index in [1.54, 1.807) is 7.11 Å². The molecule has 1 rings (SSSR count). The molecule has 0 aliphatic carbocycles. The molecule has 0 saturated carbocycles. The largest absolute Gasteiger partial charge is 0.459 e. The van der Waals surface area contributed by atoms with Crippen molar-refractivity contribution in [3.8, 4) is 0 Å². The zero-order valence-corrected chi connectivity index (χ0v) is 15.0. The number of rotatable bonds is 9. The van der Waals surface area contributed by atoms with Crippen LogP contribution >= 0.6 is 31.9 Å². The van der Waals surface area contributed by atoms with Gasteiger partial charge in [0.2, 0.25) is 0 Å². The zero-order chi connectivity index (χ0) is 14.8. The topological polar surface area (TPSA) is 35.5 Å². The second-order valence-corrected chi connectivity index (χ2v) is 7.60. The average molecular weight is 410 g/mol. The Morgan fingerprint density at radius 3 is 2.75 bits per heavy atom. The van der Waals surface area contributed by atoms with E-state index in [2.05, 4.69) is 44.0 Å². The molecule has 1 heterocycles. The summed E-state index contributed by atoms with van der Waals surface area (Å²) in [6.07, 6.45) is 13.1. The van der Waals surface area contributed by atoms with Gasteiger partial charge >= 0.3 is 5.97 Å². The first-order chi connectivity index (χ1) is 9.63. The maximum atomic E-state index is 11.1. The van der Waals surface area contributed by atoms with Gasteiger partial charge in [-0.05, 0) is 64.0 Å². The fourth-order valence-corrected chi connectivity index (χ4v) is 2.62. The van der Waals surface area contributed by atoms with E-state index in [0.717, 1.165) is 22.7 Å². The summed E-state index contributed by atoms with van der Waals surface area (Å²) in [6, 6.07) is 0. The minimum Gasteiger partial charge on any atom is -0.459 e. The van der Waals surface area contributed by atoms with Crippen molar-refractivity contribution in [2.75, 3.05) is 7.11 Å². The normalized spacial score (nSPS) is 20.1. The third-order valence-electron chi connectivity index (χ3n) is 3.25. The van der Waals surface area contributed by atoms with Crippen molar-refractivity contribution in [1.82, 2.24) is 0 Å². The summed E-state index contributed by atoms with van der Waals surface area (Å²) in [4.78, 5) is 11.1. The van der Waals surface area contributed by atoms with Crippen molar-refractivity contribution < 1.29 is 14.3 Å². The zero-order valence-electron chi connectivity index (χ0n) is 11.8. The summed E-state index contributed by atoms with van der Waals surface area (Å²) in [5.41, 5.74) is 0. The van der Waals surface area contributed by atoms with Crippen LogP contribution in [0.25, 0.3) is 0 Å². The minimum atomic E-state index is -0.114. The summed E-state index contributed by atoms with van der Waals surface area (Å²) in [6.45, 7) is 0. The lowest BCUT2D eigenvalue weighted by atomic mass is 10.1. The maximum absolute atomic E-state index is 11.1. The summed E-state index contributed by atoms with van der Waals surface area (Å²) >= 11 is 6.69. The van der Waals surface area contributed by atoms with Crippen molar-refractivity contribution in [2.24, 2.45) is 0 Å². The first-order valence-electron chi connectivity index (χ1n) is 7.03. The number of carbonyl (C=O) groups excluding carboxylic acids is 1. The van der Waals surface area contributed by atoms with Gasteiger partial charge in [-0.1, -0.05) is 24.6 Å². The molecular formula is C15H22Br2O3. The van der Waals surface area contributed by atoms with E-state index >= 15 is 0 Å². The highest BCUT2D eigenvalue weighted by Crippen LogP contribution is 2.20. The van der Waals surface area contributed by atoms with Crippen molar-refractivity contribution >= 4 is 37.8 Å². The molecule has 0 bridgehead atoms. The minimum absolute atomic E-state index is 0.103. The molecule has 5 heteroatoms. The molecule has 20 heavy (non-hydrogen) atoms. The summed E-state index contributed by atoms with van der Waals surface area (Å²) in [7, 11) is 1.66. The van der Waals surface area contributed by atoms with E-state index < -0.39 is 0 Å². The van der Waals surface area contributed by atoms with E-state index in [4.69, 9.17) is 9.47 Å². The molecule has 1 saturated heterocycles. The first-order valence-corrected chi connectivity index (χ1v) is 8.62. The Kier molecular flexibility index (Phi) is 9.48. The quantitative estimate of drug-likeness (QED) is 0.310. The molecule has 0 spiro atoms. The molecule has 0 aromatic heterocycles. The molecule has 0 aromatic rings. The SMILES string of the molecule is COC(C=CCCCCCC=C(Br)Br)C1CCC(=O)O1. The fourth-order valence-electron chi connectivity index (χ4n) is 2.16. The van der Waals surface area contributed by atoms with Crippen molar-refractivity contribution in [3.63, 3.8) is 0 Å². The molecule has 0 aromatic carbocycles. The molecule has 2 unspecified atom stereocenters. The van der Waals surface area contributed by atoms with Crippen molar-refractivity contribution in [2.45, 2.75) is 57.2 Å². The number of carbonyl (C=O) groups is 1. The monoisotopic (exact) mass is 408 g/mol. The highest BCUT2D eigenvalue weighted by molar-refractivity contribution is 9.28.